The molecule has 0 bridgehead atoms. The molecule has 0 aliphatic heterocycles. The van der Waals surface area contributed by atoms with Gasteiger partial charge in [-0.05, 0) is 79.8 Å². The van der Waals surface area contributed by atoms with E-state index >= 15 is 0 Å². The standard InChI is InChI=1S/C32H42N2O8/c1-30-12-10-21(34-42-18-27(38)33-24(29(39)40)14-19-6-4-3-5-7-19)15-20(30)8-9-22-23-11-13-32(41,26(37)17-35)31(23,2)16-25(36)28(22)30/h3-7,15,22-25,28,35-36,41H,8-14,16-18H2,1-2H3,(H,33,38)(H,39,40)/b34-21+/t22-,23-,24-,25+,28+,30+,31+,32+/m1/s1. The number of nitrogens with one attached hydrogen (secondary N) is 1. The summed E-state index contributed by atoms with van der Waals surface area (Å²) in [4.78, 5) is 42.0. The van der Waals surface area contributed by atoms with Gasteiger partial charge in [-0.2, -0.15) is 0 Å². The number of nitrogens with zero attached hydrogens (tertiary/aromatic N) is 1. The van der Waals surface area contributed by atoms with Crippen LogP contribution in [0, 0.1) is 28.6 Å². The number of hydrogen-bond acceptors (Lipinski definition) is 8. The van der Waals surface area contributed by atoms with Gasteiger partial charge in [0.15, 0.2) is 12.4 Å². The SMILES string of the molecule is C[C@]12CC/C(=N\OCC(=O)N[C@H](Cc3ccccc3)C(=O)O)C=C1CC[C@H]1[C@H]2[C@@H](O)C[C@@]2(C)[C@@H]1CC[C@]2(O)C(=O)CO. The molecule has 1 aromatic rings. The lowest BCUT2D eigenvalue weighted by molar-refractivity contribution is -0.181. The Bertz CT molecular complexity index is 1280. The van der Waals surface area contributed by atoms with Crippen molar-refractivity contribution in [2.75, 3.05) is 13.2 Å². The molecule has 4 aliphatic rings. The van der Waals surface area contributed by atoms with Crippen molar-refractivity contribution in [1.82, 2.24) is 5.32 Å². The van der Waals surface area contributed by atoms with Crippen LogP contribution in [0.3, 0.4) is 0 Å². The number of aliphatic carboxylic acids is 1. The largest absolute Gasteiger partial charge is 0.480 e. The molecule has 4 aliphatic carbocycles. The summed E-state index contributed by atoms with van der Waals surface area (Å²) in [7, 11) is 0. The van der Waals surface area contributed by atoms with E-state index in [9.17, 15) is 34.8 Å². The van der Waals surface area contributed by atoms with Crippen molar-refractivity contribution >= 4 is 23.4 Å². The Balaban J connectivity index is 1.23. The molecule has 5 N–H and O–H groups in total. The Hall–Kier alpha value is -3.08. The molecule has 3 saturated carbocycles. The smallest absolute Gasteiger partial charge is 0.326 e. The van der Waals surface area contributed by atoms with Crippen molar-refractivity contribution in [2.45, 2.75) is 83.0 Å². The van der Waals surface area contributed by atoms with Gasteiger partial charge < -0.3 is 30.6 Å². The van der Waals surface area contributed by atoms with E-state index in [1.807, 2.05) is 31.2 Å². The van der Waals surface area contributed by atoms with Crippen LogP contribution in [0.4, 0.5) is 0 Å². The van der Waals surface area contributed by atoms with E-state index in [-0.39, 0.29) is 29.6 Å². The molecule has 0 unspecified atom stereocenters. The monoisotopic (exact) mass is 582 g/mol. The molecule has 0 heterocycles. The number of carbonyl (C=O) groups is 3. The number of ketones is 1. The van der Waals surface area contributed by atoms with Gasteiger partial charge in [0.25, 0.3) is 5.91 Å². The van der Waals surface area contributed by atoms with E-state index in [1.165, 1.54) is 5.57 Å². The highest BCUT2D eigenvalue weighted by Crippen LogP contribution is 2.67. The summed E-state index contributed by atoms with van der Waals surface area (Å²) in [5.74, 6) is -2.04. The molecule has 10 heteroatoms. The van der Waals surface area contributed by atoms with Crippen molar-refractivity contribution in [1.29, 1.82) is 0 Å². The van der Waals surface area contributed by atoms with Crippen LogP contribution in [0.2, 0.25) is 0 Å². The fourth-order valence-electron chi connectivity index (χ4n) is 8.82. The van der Waals surface area contributed by atoms with Gasteiger partial charge in [-0.25, -0.2) is 4.79 Å². The molecule has 3 fully saturated rings. The van der Waals surface area contributed by atoms with Crippen LogP contribution >= 0.6 is 0 Å². The average Bonchev–Trinajstić information content (AvgIpc) is 3.23. The molecule has 0 spiro atoms. The highest BCUT2D eigenvalue weighted by atomic mass is 16.6. The second-order valence-corrected chi connectivity index (χ2v) is 13.1. The quantitative estimate of drug-likeness (QED) is 0.277. The van der Waals surface area contributed by atoms with Gasteiger partial charge in [0.05, 0.1) is 11.8 Å². The van der Waals surface area contributed by atoms with Gasteiger partial charge in [-0.3, -0.25) is 9.59 Å². The predicted molar refractivity (Wildman–Crippen MR) is 153 cm³/mol. The van der Waals surface area contributed by atoms with E-state index < -0.39 is 54.0 Å². The molecule has 0 aromatic heterocycles. The number of amides is 1. The minimum atomic E-state index is -1.61. The molecule has 1 aromatic carbocycles. The van der Waals surface area contributed by atoms with Gasteiger partial charge in [-0.15, -0.1) is 0 Å². The van der Waals surface area contributed by atoms with Crippen LogP contribution in [-0.2, 0) is 25.6 Å². The normalized spacial score (nSPS) is 37.1. The van der Waals surface area contributed by atoms with Crippen LogP contribution in [-0.4, -0.2) is 74.8 Å². The summed E-state index contributed by atoms with van der Waals surface area (Å²) in [6, 6.07) is 7.99. The maximum Gasteiger partial charge on any atom is 0.326 e. The van der Waals surface area contributed by atoms with Crippen molar-refractivity contribution in [3.8, 4) is 0 Å². The van der Waals surface area contributed by atoms with Crippen molar-refractivity contribution in [3.05, 3.63) is 47.5 Å². The van der Waals surface area contributed by atoms with Crippen LogP contribution in [0.15, 0.2) is 47.1 Å². The maximum absolute atomic E-state index is 12.6. The molecule has 1 amide bonds. The zero-order chi connectivity index (χ0) is 30.3. The highest BCUT2D eigenvalue weighted by molar-refractivity contribution is 5.96. The summed E-state index contributed by atoms with van der Waals surface area (Å²) in [6.07, 6.45) is 5.74. The zero-order valence-corrected chi connectivity index (χ0v) is 24.3. The number of aliphatic hydroxyl groups is 3. The topological polar surface area (TPSA) is 166 Å². The van der Waals surface area contributed by atoms with Gasteiger partial charge in [0.2, 0.25) is 0 Å². The number of carboxylic acid groups (broad SMARTS) is 1. The maximum atomic E-state index is 12.6. The first-order valence-corrected chi connectivity index (χ1v) is 14.9. The number of hydrogen-bond donors (Lipinski definition) is 5. The molecule has 8 atom stereocenters. The summed E-state index contributed by atoms with van der Waals surface area (Å²) < 4.78 is 0. The zero-order valence-electron chi connectivity index (χ0n) is 24.3. The van der Waals surface area contributed by atoms with E-state index in [0.29, 0.717) is 31.4 Å². The van der Waals surface area contributed by atoms with Crippen LogP contribution in [0.1, 0.15) is 64.4 Å². The lowest BCUT2D eigenvalue weighted by Crippen LogP contribution is -2.62. The van der Waals surface area contributed by atoms with Crippen LogP contribution in [0.5, 0.6) is 0 Å². The molecule has 5 rings (SSSR count). The van der Waals surface area contributed by atoms with E-state index in [1.54, 1.807) is 12.1 Å². The van der Waals surface area contributed by atoms with Crippen molar-refractivity contribution in [3.63, 3.8) is 0 Å². The minimum absolute atomic E-state index is 0.0204. The van der Waals surface area contributed by atoms with E-state index in [2.05, 4.69) is 17.4 Å². The third-order valence-electron chi connectivity index (χ3n) is 11.0. The first kappa shape index (κ1) is 30.4. The molecular formula is C32H42N2O8. The summed E-state index contributed by atoms with van der Waals surface area (Å²) >= 11 is 0. The lowest BCUT2D eigenvalue weighted by atomic mass is 9.45. The number of fused-ring (bicyclic) bond motifs is 5. The van der Waals surface area contributed by atoms with Crippen molar-refractivity contribution < 1.29 is 39.6 Å². The summed E-state index contributed by atoms with van der Waals surface area (Å²) in [5, 5.41) is 48.7. The third kappa shape index (κ3) is 5.18. The molecule has 0 saturated heterocycles. The molecule has 0 radical (unpaired) electrons. The van der Waals surface area contributed by atoms with Crippen LogP contribution < -0.4 is 5.32 Å². The average molecular weight is 583 g/mol. The first-order valence-electron chi connectivity index (χ1n) is 14.9. The summed E-state index contributed by atoms with van der Waals surface area (Å²) in [5.41, 5.74) is 0.0184. The van der Waals surface area contributed by atoms with Gasteiger partial charge in [0.1, 0.15) is 18.2 Å². The predicted octanol–water partition coefficient (Wildman–Crippen LogP) is 2.40. The highest BCUT2D eigenvalue weighted by Gasteiger charge is 2.68. The first-order chi connectivity index (χ1) is 19.9. The number of rotatable bonds is 9. The van der Waals surface area contributed by atoms with Crippen LogP contribution in [0.25, 0.3) is 0 Å². The number of allylic oxidation sites excluding steroid dienone is 2. The number of aliphatic hydroxyl groups excluding tert-OH is 2. The van der Waals surface area contributed by atoms with Crippen molar-refractivity contribution in [2.24, 2.45) is 33.7 Å². The fourth-order valence-corrected chi connectivity index (χ4v) is 8.82. The fraction of sp³-hybridized carbons (Fsp3) is 0.625. The Kier molecular flexibility index (Phi) is 8.35. The second-order valence-electron chi connectivity index (χ2n) is 13.1. The van der Waals surface area contributed by atoms with E-state index in [0.717, 1.165) is 24.8 Å². The molecule has 10 nitrogen and oxygen atoms in total. The van der Waals surface area contributed by atoms with Gasteiger partial charge in [-0.1, -0.05) is 54.9 Å². The number of benzene rings is 1. The molecular weight excluding hydrogens is 540 g/mol. The minimum Gasteiger partial charge on any atom is -0.480 e. The van der Waals surface area contributed by atoms with E-state index in [4.69, 9.17) is 4.84 Å². The molecule has 42 heavy (non-hydrogen) atoms. The number of Topliss-reactive ketones (excluding diaryl/α,β-unsaturated/α-hetero) is 1. The molecule has 228 valence electrons. The van der Waals surface area contributed by atoms with Gasteiger partial charge in [0, 0.05) is 11.8 Å². The summed E-state index contributed by atoms with van der Waals surface area (Å²) in [6.45, 7) is 2.99. The number of oxime groups is 1. The van der Waals surface area contributed by atoms with Gasteiger partial charge >= 0.3 is 5.97 Å². The Morgan fingerprint density at radius 3 is 2.55 bits per heavy atom. The Labute approximate surface area is 245 Å². The Morgan fingerprint density at radius 1 is 1.12 bits per heavy atom. The second kappa shape index (κ2) is 11.5. The third-order valence-corrected chi connectivity index (χ3v) is 11.0. The Morgan fingerprint density at radius 2 is 1.86 bits per heavy atom. The number of carbonyl (C=O) groups excluding carboxylic acids is 2. The lowest BCUT2D eigenvalue weighted by Gasteiger charge is -2.60. The number of carboxylic acids is 1.